The maximum Gasteiger partial charge on any atom is 0.186 e. The Hall–Kier alpha value is -3.00. The van der Waals surface area contributed by atoms with E-state index in [4.69, 9.17) is 4.99 Å². The van der Waals surface area contributed by atoms with Crippen LogP contribution in [-0.2, 0) is 11.2 Å². The highest BCUT2D eigenvalue weighted by molar-refractivity contribution is 6.11. The van der Waals surface area contributed by atoms with Gasteiger partial charge in [0.05, 0.1) is 5.71 Å². The molecule has 0 spiro atoms. The standard InChI is InChI=1S/C29H33NO/c1-28(2,3)24-17-22(18-25(27(24)31)29(4,5)6)20-30-26(23-15-11-8-12-16-23)19-21-13-9-7-10-14-21/h7-18,20H,19H2,1-6H3/b30-26-. The molecule has 31 heavy (non-hydrogen) atoms. The van der Waals surface area contributed by atoms with Crippen LogP contribution in [-0.4, -0.2) is 11.5 Å². The summed E-state index contributed by atoms with van der Waals surface area (Å²) in [6, 6.07) is 20.7. The van der Waals surface area contributed by atoms with Gasteiger partial charge in [-0.3, -0.25) is 9.79 Å². The highest BCUT2D eigenvalue weighted by atomic mass is 16.1. The van der Waals surface area contributed by atoms with E-state index in [1.807, 2.05) is 42.6 Å². The first-order valence-electron chi connectivity index (χ1n) is 10.9. The molecule has 2 aromatic carbocycles. The number of ketones is 1. The van der Waals surface area contributed by atoms with Crippen molar-refractivity contribution in [1.29, 1.82) is 0 Å². The smallest absolute Gasteiger partial charge is 0.186 e. The van der Waals surface area contributed by atoms with Gasteiger partial charge in [-0.05, 0) is 39.7 Å². The molecule has 0 radical (unpaired) electrons. The molecule has 3 rings (SSSR count). The van der Waals surface area contributed by atoms with Gasteiger partial charge in [0, 0.05) is 23.8 Å². The SMILES string of the molecule is CC(C)(C)C1=CC(=C/N=C(/Cc2ccccc2)c2ccccc2)C=C(C(C)(C)C)C1=O. The van der Waals surface area contributed by atoms with Crippen molar-refractivity contribution in [3.8, 4) is 0 Å². The Morgan fingerprint density at radius 3 is 1.74 bits per heavy atom. The summed E-state index contributed by atoms with van der Waals surface area (Å²) in [5.41, 5.74) is 5.53. The van der Waals surface area contributed by atoms with Gasteiger partial charge in [-0.15, -0.1) is 0 Å². The van der Waals surface area contributed by atoms with Crippen LogP contribution in [0.1, 0.15) is 52.7 Å². The molecule has 0 saturated heterocycles. The molecular formula is C29H33NO. The second kappa shape index (κ2) is 9.01. The van der Waals surface area contributed by atoms with E-state index in [2.05, 4.69) is 77.9 Å². The number of carbonyl (C=O) groups is 1. The molecule has 0 aromatic heterocycles. The minimum atomic E-state index is -0.225. The Labute approximate surface area is 187 Å². The molecule has 1 aliphatic rings. The van der Waals surface area contributed by atoms with Crippen LogP contribution in [0, 0.1) is 10.8 Å². The summed E-state index contributed by atoms with van der Waals surface area (Å²) in [4.78, 5) is 18.1. The van der Waals surface area contributed by atoms with E-state index < -0.39 is 0 Å². The molecule has 1 aliphatic carbocycles. The quantitative estimate of drug-likeness (QED) is 0.492. The van der Waals surface area contributed by atoms with Crippen LogP contribution in [0.4, 0.5) is 0 Å². The van der Waals surface area contributed by atoms with Crippen LogP contribution in [0.5, 0.6) is 0 Å². The Balaban J connectivity index is 2.08. The van der Waals surface area contributed by atoms with Gasteiger partial charge in [-0.25, -0.2) is 0 Å². The third-order valence-electron chi connectivity index (χ3n) is 5.42. The van der Waals surface area contributed by atoms with Crippen molar-refractivity contribution in [2.45, 2.75) is 48.0 Å². The van der Waals surface area contributed by atoms with Crippen molar-refractivity contribution in [3.63, 3.8) is 0 Å². The third kappa shape index (κ3) is 5.79. The molecule has 0 heterocycles. The van der Waals surface area contributed by atoms with Gasteiger partial charge in [0.25, 0.3) is 0 Å². The Bertz CT molecular complexity index is 1020. The first-order chi connectivity index (χ1) is 14.6. The maximum atomic E-state index is 13.2. The minimum absolute atomic E-state index is 0.147. The highest BCUT2D eigenvalue weighted by Crippen LogP contribution is 2.38. The monoisotopic (exact) mass is 411 g/mol. The van der Waals surface area contributed by atoms with Crippen LogP contribution in [0.25, 0.3) is 0 Å². The van der Waals surface area contributed by atoms with Crippen LogP contribution in [0.3, 0.4) is 0 Å². The summed E-state index contributed by atoms with van der Waals surface area (Å²) in [7, 11) is 0. The fourth-order valence-electron chi connectivity index (χ4n) is 3.63. The fourth-order valence-corrected chi connectivity index (χ4v) is 3.63. The summed E-state index contributed by atoms with van der Waals surface area (Å²) in [5.74, 6) is 0.147. The van der Waals surface area contributed by atoms with Crippen LogP contribution >= 0.6 is 0 Å². The molecule has 0 fully saturated rings. The topological polar surface area (TPSA) is 29.4 Å². The lowest BCUT2D eigenvalue weighted by Gasteiger charge is -2.31. The first-order valence-corrected chi connectivity index (χ1v) is 10.9. The van der Waals surface area contributed by atoms with Gasteiger partial charge in [0.15, 0.2) is 5.78 Å². The number of hydrogen-bond acceptors (Lipinski definition) is 2. The summed E-state index contributed by atoms with van der Waals surface area (Å²) >= 11 is 0. The lowest BCUT2D eigenvalue weighted by Crippen LogP contribution is -2.27. The van der Waals surface area contributed by atoms with Gasteiger partial charge in [0.1, 0.15) is 0 Å². The van der Waals surface area contributed by atoms with E-state index in [0.717, 1.165) is 34.4 Å². The molecule has 2 aromatic rings. The van der Waals surface area contributed by atoms with Crippen molar-refractivity contribution < 1.29 is 4.79 Å². The predicted octanol–water partition coefficient (Wildman–Crippen LogP) is 7.13. The zero-order chi connectivity index (χ0) is 22.6. The first kappa shape index (κ1) is 22.7. The molecule has 0 amide bonds. The van der Waals surface area contributed by atoms with Crippen molar-refractivity contribution in [2.75, 3.05) is 0 Å². The Kier molecular flexibility index (Phi) is 6.59. The molecule has 2 heteroatoms. The highest BCUT2D eigenvalue weighted by Gasteiger charge is 2.33. The van der Waals surface area contributed by atoms with Crippen molar-refractivity contribution in [2.24, 2.45) is 15.8 Å². The lowest BCUT2D eigenvalue weighted by atomic mass is 9.72. The predicted molar refractivity (Wildman–Crippen MR) is 131 cm³/mol. The van der Waals surface area contributed by atoms with Crippen molar-refractivity contribution >= 4 is 11.5 Å². The van der Waals surface area contributed by atoms with Crippen LogP contribution < -0.4 is 0 Å². The van der Waals surface area contributed by atoms with E-state index in [-0.39, 0.29) is 16.6 Å². The van der Waals surface area contributed by atoms with E-state index in [1.165, 1.54) is 5.56 Å². The van der Waals surface area contributed by atoms with Gasteiger partial charge in [-0.2, -0.15) is 0 Å². The minimum Gasteiger partial charge on any atom is -0.289 e. The second-order valence-corrected chi connectivity index (χ2v) is 10.2. The van der Waals surface area contributed by atoms with Gasteiger partial charge in [0.2, 0.25) is 0 Å². The maximum absolute atomic E-state index is 13.2. The number of hydrogen-bond donors (Lipinski definition) is 0. The van der Waals surface area contributed by atoms with Crippen LogP contribution in [0.2, 0.25) is 0 Å². The number of aliphatic imine (C=N–C) groups is 1. The zero-order valence-electron chi connectivity index (χ0n) is 19.6. The van der Waals surface area contributed by atoms with E-state index in [0.29, 0.717) is 0 Å². The molecular weight excluding hydrogens is 378 g/mol. The number of nitrogens with zero attached hydrogens (tertiary/aromatic N) is 1. The van der Waals surface area contributed by atoms with Crippen LogP contribution in [0.15, 0.2) is 101 Å². The van der Waals surface area contributed by atoms with E-state index in [1.54, 1.807) is 0 Å². The molecule has 0 aliphatic heterocycles. The Morgan fingerprint density at radius 1 is 0.774 bits per heavy atom. The molecule has 0 bridgehead atoms. The summed E-state index contributed by atoms with van der Waals surface area (Å²) in [6.07, 6.45) is 6.67. The molecule has 0 saturated carbocycles. The summed E-state index contributed by atoms with van der Waals surface area (Å²) in [6.45, 7) is 12.5. The average Bonchev–Trinajstić information content (AvgIpc) is 2.71. The third-order valence-corrected chi connectivity index (χ3v) is 5.42. The fraction of sp³-hybridized carbons (Fsp3) is 0.310. The number of Topliss-reactive ketones (excluding diaryl/α,β-unsaturated/α-hetero) is 1. The Morgan fingerprint density at radius 2 is 1.26 bits per heavy atom. The molecule has 0 unspecified atom stereocenters. The van der Waals surface area contributed by atoms with E-state index in [9.17, 15) is 4.79 Å². The van der Waals surface area contributed by atoms with Gasteiger partial charge < -0.3 is 0 Å². The number of rotatable bonds is 4. The average molecular weight is 412 g/mol. The molecule has 0 atom stereocenters. The normalized spacial score (nSPS) is 15.5. The molecule has 160 valence electrons. The van der Waals surface area contributed by atoms with Gasteiger partial charge in [-0.1, -0.05) is 102 Å². The summed E-state index contributed by atoms with van der Waals surface area (Å²) < 4.78 is 0. The number of benzene rings is 2. The molecule has 2 nitrogen and oxygen atoms in total. The van der Waals surface area contributed by atoms with Crippen molar-refractivity contribution in [3.05, 3.63) is 107 Å². The van der Waals surface area contributed by atoms with E-state index >= 15 is 0 Å². The summed E-state index contributed by atoms with van der Waals surface area (Å²) in [5, 5.41) is 0. The zero-order valence-corrected chi connectivity index (χ0v) is 19.6. The number of carbonyl (C=O) groups excluding carboxylic acids is 1. The number of allylic oxidation sites excluding steroid dienone is 5. The lowest BCUT2D eigenvalue weighted by molar-refractivity contribution is -0.114. The second-order valence-electron chi connectivity index (χ2n) is 10.2. The van der Waals surface area contributed by atoms with Crippen molar-refractivity contribution in [1.82, 2.24) is 0 Å². The molecule has 0 N–H and O–H groups in total. The largest absolute Gasteiger partial charge is 0.289 e. The van der Waals surface area contributed by atoms with Gasteiger partial charge >= 0.3 is 0 Å².